The molecule has 0 aromatic heterocycles. The van der Waals surface area contributed by atoms with E-state index in [-0.39, 0.29) is 34.0 Å². The van der Waals surface area contributed by atoms with Gasteiger partial charge >= 0.3 is 0 Å². The molecule has 0 unspecified atom stereocenters. The van der Waals surface area contributed by atoms with Gasteiger partial charge in [0.25, 0.3) is 0 Å². The molecule has 0 fully saturated rings. The van der Waals surface area contributed by atoms with E-state index >= 15 is 0 Å². The van der Waals surface area contributed by atoms with E-state index in [2.05, 4.69) is 0 Å². The number of benzene rings is 1. The molecule has 0 aliphatic rings. The van der Waals surface area contributed by atoms with Gasteiger partial charge in [0.2, 0.25) is 0 Å². The van der Waals surface area contributed by atoms with Crippen molar-refractivity contribution >= 4 is 39.7 Å². The summed E-state index contributed by atoms with van der Waals surface area (Å²) >= 11 is 0. The smallest absolute Gasteiger partial charge is 0.0313 e. The first-order chi connectivity index (χ1) is 3.39. The first-order valence-corrected chi connectivity index (χ1v) is 2.20. The van der Waals surface area contributed by atoms with Crippen LogP contribution in [0.5, 0.6) is 0 Å². The van der Waals surface area contributed by atoms with Gasteiger partial charge in [0.1, 0.15) is 0 Å². The summed E-state index contributed by atoms with van der Waals surface area (Å²) in [6.45, 7) is 0. The lowest BCUT2D eigenvalue weighted by Crippen LogP contribution is -1.79. The average molecular weight is 255 g/mol. The van der Waals surface area contributed by atoms with E-state index < -0.39 is 0 Å². The summed E-state index contributed by atoms with van der Waals surface area (Å²) in [4.78, 5) is 0. The zero-order chi connectivity index (χ0) is 5.11. The van der Waals surface area contributed by atoms with Crippen molar-refractivity contribution in [2.75, 3.05) is 5.73 Å². The summed E-state index contributed by atoms with van der Waals surface area (Å²) < 4.78 is 0. The average Bonchev–Trinajstić information content (AvgIpc) is 1.69. The molecule has 0 aliphatic carbocycles. The Morgan fingerprint density at radius 3 is 1.56 bits per heavy atom. The normalized spacial score (nSPS) is 6.67. The maximum Gasteiger partial charge on any atom is 0.0313 e. The standard InChI is InChI=1S/C6H7N.2BrH/c7-6-4-2-1-3-5-6;;/h1-5H,7H2;2*1H. The van der Waals surface area contributed by atoms with Crippen LogP contribution in [-0.4, -0.2) is 0 Å². The molecule has 1 aromatic rings. The lowest BCUT2D eigenvalue weighted by molar-refractivity contribution is 1.69. The largest absolute Gasteiger partial charge is 0.399 e. The van der Waals surface area contributed by atoms with E-state index in [1.807, 2.05) is 30.3 Å². The Morgan fingerprint density at radius 1 is 0.889 bits per heavy atom. The fraction of sp³-hybridized carbons (Fsp3) is 0. The van der Waals surface area contributed by atoms with Crippen LogP contribution in [0.15, 0.2) is 30.3 Å². The Bertz CT molecular complexity index is 141. The van der Waals surface area contributed by atoms with Crippen LogP contribution in [0.3, 0.4) is 0 Å². The van der Waals surface area contributed by atoms with Crippen molar-refractivity contribution < 1.29 is 0 Å². The fourth-order valence-electron chi connectivity index (χ4n) is 0.453. The molecular formula is C6H9Br2N. The molecule has 1 nitrogen and oxygen atoms in total. The summed E-state index contributed by atoms with van der Waals surface area (Å²) in [5.74, 6) is 0. The maximum absolute atomic E-state index is 5.36. The molecule has 0 bridgehead atoms. The number of nitrogen functional groups attached to an aromatic ring is 1. The number of nitrogens with two attached hydrogens (primary N) is 1. The van der Waals surface area contributed by atoms with Crippen LogP contribution in [-0.2, 0) is 0 Å². The lowest BCUT2D eigenvalue weighted by atomic mass is 10.3. The molecule has 1 rings (SSSR count). The summed E-state index contributed by atoms with van der Waals surface area (Å²) in [7, 11) is 0. The highest BCUT2D eigenvalue weighted by Crippen LogP contribution is 1.95. The van der Waals surface area contributed by atoms with Gasteiger partial charge in [0.05, 0.1) is 0 Å². The quantitative estimate of drug-likeness (QED) is 0.708. The van der Waals surface area contributed by atoms with Gasteiger partial charge in [-0.05, 0) is 12.1 Å². The molecule has 9 heavy (non-hydrogen) atoms. The first kappa shape index (κ1) is 11.7. The van der Waals surface area contributed by atoms with Crippen LogP contribution in [0.25, 0.3) is 0 Å². The Morgan fingerprint density at radius 2 is 1.33 bits per heavy atom. The molecule has 0 atom stereocenters. The van der Waals surface area contributed by atoms with Gasteiger partial charge in [-0.2, -0.15) is 0 Å². The predicted octanol–water partition coefficient (Wildman–Crippen LogP) is 2.42. The van der Waals surface area contributed by atoms with Crippen LogP contribution in [0, 0.1) is 0 Å². The number of anilines is 1. The molecule has 0 saturated heterocycles. The molecule has 0 heterocycles. The first-order valence-electron chi connectivity index (χ1n) is 2.20. The second-order valence-electron chi connectivity index (χ2n) is 1.41. The Labute approximate surface area is 75.8 Å². The summed E-state index contributed by atoms with van der Waals surface area (Å²) in [6.07, 6.45) is 0. The third-order valence-corrected chi connectivity index (χ3v) is 0.800. The molecule has 0 spiro atoms. The highest BCUT2D eigenvalue weighted by Gasteiger charge is 1.72. The molecule has 2 N–H and O–H groups in total. The minimum absolute atomic E-state index is 0. The van der Waals surface area contributed by atoms with Crippen LogP contribution in [0.4, 0.5) is 5.69 Å². The number of rotatable bonds is 0. The summed E-state index contributed by atoms with van der Waals surface area (Å²) in [5.41, 5.74) is 6.18. The second kappa shape index (κ2) is 6.11. The lowest BCUT2D eigenvalue weighted by Gasteiger charge is -1.83. The van der Waals surface area contributed by atoms with Crippen molar-refractivity contribution in [3.63, 3.8) is 0 Å². The van der Waals surface area contributed by atoms with E-state index in [1.165, 1.54) is 0 Å². The van der Waals surface area contributed by atoms with Gasteiger partial charge in [0.15, 0.2) is 0 Å². The van der Waals surface area contributed by atoms with Crippen LogP contribution in [0.2, 0.25) is 0 Å². The molecule has 52 valence electrons. The highest BCUT2D eigenvalue weighted by atomic mass is 79.9. The summed E-state index contributed by atoms with van der Waals surface area (Å²) in [5, 5.41) is 0. The molecule has 0 radical (unpaired) electrons. The monoisotopic (exact) mass is 253 g/mol. The SMILES string of the molecule is Br.Br.Nc1ccccc1. The van der Waals surface area contributed by atoms with Gasteiger partial charge in [-0.1, -0.05) is 18.2 Å². The van der Waals surface area contributed by atoms with Crippen molar-refractivity contribution in [1.29, 1.82) is 0 Å². The zero-order valence-electron chi connectivity index (χ0n) is 4.78. The van der Waals surface area contributed by atoms with E-state index in [1.54, 1.807) is 0 Å². The van der Waals surface area contributed by atoms with Crippen LogP contribution >= 0.6 is 34.0 Å². The van der Waals surface area contributed by atoms with Gasteiger partial charge in [-0.25, -0.2) is 0 Å². The van der Waals surface area contributed by atoms with Gasteiger partial charge in [0, 0.05) is 5.69 Å². The van der Waals surface area contributed by atoms with Crippen molar-refractivity contribution in [2.24, 2.45) is 0 Å². The molecule has 3 heteroatoms. The van der Waals surface area contributed by atoms with Gasteiger partial charge < -0.3 is 5.73 Å². The van der Waals surface area contributed by atoms with E-state index in [0.29, 0.717) is 0 Å². The maximum atomic E-state index is 5.36. The van der Waals surface area contributed by atoms with Crippen molar-refractivity contribution in [1.82, 2.24) is 0 Å². The molecule has 0 saturated carbocycles. The van der Waals surface area contributed by atoms with Crippen molar-refractivity contribution in [2.45, 2.75) is 0 Å². The van der Waals surface area contributed by atoms with E-state index in [4.69, 9.17) is 5.73 Å². The van der Waals surface area contributed by atoms with Crippen molar-refractivity contribution in [3.05, 3.63) is 30.3 Å². The zero-order valence-corrected chi connectivity index (χ0v) is 8.21. The number of para-hydroxylation sites is 1. The highest BCUT2D eigenvalue weighted by molar-refractivity contribution is 8.93. The number of hydrogen-bond donors (Lipinski definition) is 1. The number of halogens is 2. The number of hydrogen-bond acceptors (Lipinski definition) is 1. The third kappa shape index (κ3) is 4.48. The van der Waals surface area contributed by atoms with Crippen LogP contribution in [0.1, 0.15) is 0 Å². The predicted molar refractivity (Wildman–Crippen MR) is 51.5 cm³/mol. The molecule has 0 aliphatic heterocycles. The van der Waals surface area contributed by atoms with Crippen molar-refractivity contribution in [3.8, 4) is 0 Å². The Kier molecular flexibility index (Phi) is 7.96. The fourth-order valence-corrected chi connectivity index (χ4v) is 0.453. The molecule has 1 aromatic carbocycles. The summed E-state index contributed by atoms with van der Waals surface area (Å²) in [6, 6.07) is 9.49. The Balaban J connectivity index is 0. The molecule has 0 amide bonds. The topological polar surface area (TPSA) is 26.0 Å². The second-order valence-corrected chi connectivity index (χ2v) is 1.41. The minimum atomic E-state index is 0. The third-order valence-electron chi connectivity index (χ3n) is 0.800. The van der Waals surface area contributed by atoms with Gasteiger partial charge in [-0.3, -0.25) is 0 Å². The van der Waals surface area contributed by atoms with Crippen LogP contribution < -0.4 is 5.73 Å². The minimum Gasteiger partial charge on any atom is -0.399 e. The van der Waals surface area contributed by atoms with Gasteiger partial charge in [-0.15, -0.1) is 34.0 Å². The molecular weight excluding hydrogens is 246 g/mol. The van der Waals surface area contributed by atoms with E-state index in [9.17, 15) is 0 Å². The Hall–Kier alpha value is -0.0200. The van der Waals surface area contributed by atoms with E-state index in [0.717, 1.165) is 5.69 Å².